The molecule has 14 heteroatoms. The summed E-state index contributed by atoms with van der Waals surface area (Å²) < 4.78 is 36.0. The Morgan fingerprint density at radius 3 is 2.35 bits per heavy atom. The van der Waals surface area contributed by atoms with E-state index in [4.69, 9.17) is 15.2 Å². The number of piperidine rings is 1. The van der Waals surface area contributed by atoms with Gasteiger partial charge in [-0.25, -0.2) is 23.2 Å². The van der Waals surface area contributed by atoms with Gasteiger partial charge in [-0.05, 0) is 52.4 Å². The van der Waals surface area contributed by atoms with Crippen molar-refractivity contribution in [1.82, 2.24) is 19.2 Å². The molecule has 0 spiro atoms. The predicted molar refractivity (Wildman–Crippen MR) is 132 cm³/mol. The minimum atomic E-state index is -4.11. The molecule has 2 aliphatic heterocycles. The van der Waals surface area contributed by atoms with Crippen LogP contribution in [-0.4, -0.2) is 95.2 Å². The number of carbonyl (C=O) groups excluding carboxylic acids is 3. The Balaban J connectivity index is 1.25. The number of hydrogen-bond acceptors (Lipinski definition) is 9. The third-order valence-corrected chi connectivity index (χ3v) is 9.76. The van der Waals surface area contributed by atoms with Crippen LogP contribution in [-0.2, 0) is 24.3 Å². The molecule has 0 aromatic carbocycles. The number of carbonyl (C=O) groups is 3. The van der Waals surface area contributed by atoms with Crippen LogP contribution in [0, 0.1) is 5.92 Å². The summed E-state index contributed by atoms with van der Waals surface area (Å²) in [6, 6.07) is 0. The second-order valence-corrected chi connectivity index (χ2v) is 13.0. The highest BCUT2D eigenvalue weighted by molar-refractivity contribution is 7.91. The third-order valence-electron chi connectivity index (χ3n) is 7.28. The lowest BCUT2D eigenvalue weighted by atomic mass is 9.98. The molecule has 37 heavy (non-hydrogen) atoms. The van der Waals surface area contributed by atoms with Crippen molar-refractivity contribution in [2.24, 2.45) is 11.7 Å². The van der Waals surface area contributed by atoms with Crippen LogP contribution in [0.1, 0.15) is 46.5 Å². The molecule has 1 aromatic rings. The first-order valence-corrected chi connectivity index (χ1v) is 13.8. The van der Waals surface area contributed by atoms with Crippen LogP contribution >= 0.6 is 0 Å². The molecule has 3 heterocycles. The molecule has 1 saturated carbocycles. The van der Waals surface area contributed by atoms with E-state index < -0.39 is 33.1 Å². The summed E-state index contributed by atoms with van der Waals surface area (Å²) in [5, 5.41) is 0. The van der Waals surface area contributed by atoms with Crippen molar-refractivity contribution in [2.45, 2.75) is 56.8 Å². The average molecular weight is 539 g/mol. The van der Waals surface area contributed by atoms with Crippen LogP contribution in [0.5, 0.6) is 5.88 Å². The van der Waals surface area contributed by atoms with E-state index in [-0.39, 0.29) is 36.5 Å². The number of nitrogens with zero attached hydrogens (tertiary/aromatic N) is 5. The Bertz CT molecular complexity index is 1140. The second kappa shape index (κ2) is 10.0. The minimum Gasteiger partial charge on any atom is -0.476 e. The summed E-state index contributed by atoms with van der Waals surface area (Å²) in [5.41, 5.74) is 4.97. The van der Waals surface area contributed by atoms with Crippen LogP contribution in [0.3, 0.4) is 0 Å². The Morgan fingerprint density at radius 1 is 1.14 bits per heavy atom. The first-order valence-electron chi connectivity index (χ1n) is 12.4. The van der Waals surface area contributed by atoms with E-state index in [1.54, 1.807) is 4.90 Å². The second-order valence-electron chi connectivity index (χ2n) is 10.5. The molecule has 204 valence electrons. The summed E-state index contributed by atoms with van der Waals surface area (Å²) in [7, 11) is -4.11. The number of ether oxygens (including phenoxy) is 2. The lowest BCUT2D eigenvalue weighted by molar-refractivity contribution is -0.121. The van der Waals surface area contributed by atoms with Gasteiger partial charge >= 0.3 is 6.09 Å². The van der Waals surface area contributed by atoms with Gasteiger partial charge in [0, 0.05) is 26.2 Å². The quantitative estimate of drug-likeness (QED) is 0.496. The van der Waals surface area contributed by atoms with Crippen molar-refractivity contribution in [2.75, 3.05) is 44.2 Å². The van der Waals surface area contributed by atoms with Crippen molar-refractivity contribution in [1.29, 1.82) is 0 Å². The van der Waals surface area contributed by atoms with Gasteiger partial charge in [0.1, 0.15) is 5.60 Å². The van der Waals surface area contributed by atoms with Gasteiger partial charge in [-0.1, -0.05) is 0 Å². The number of amides is 3. The molecule has 0 radical (unpaired) electrons. The molecule has 3 fully saturated rings. The molecule has 2 N–H and O–H groups in total. The van der Waals surface area contributed by atoms with E-state index in [0.29, 0.717) is 25.6 Å². The molecule has 2 saturated heterocycles. The van der Waals surface area contributed by atoms with Crippen molar-refractivity contribution in [3.05, 3.63) is 12.4 Å². The van der Waals surface area contributed by atoms with Gasteiger partial charge in [0.2, 0.25) is 27.7 Å². The summed E-state index contributed by atoms with van der Waals surface area (Å²) in [5.74, 6) is -0.619. The molecule has 1 aliphatic carbocycles. The normalized spacial score (nSPS) is 21.0. The topological polar surface area (TPSA) is 165 Å². The lowest BCUT2D eigenvalue weighted by Gasteiger charge is -2.36. The number of anilines is 1. The molecule has 13 nitrogen and oxygen atoms in total. The number of likely N-dealkylation sites (tertiary alicyclic amines) is 1. The van der Waals surface area contributed by atoms with Gasteiger partial charge < -0.3 is 20.1 Å². The minimum absolute atomic E-state index is 0.00377. The van der Waals surface area contributed by atoms with Crippen LogP contribution < -0.4 is 15.4 Å². The predicted octanol–water partition coefficient (Wildman–Crippen LogP) is 0.499. The van der Waals surface area contributed by atoms with E-state index >= 15 is 0 Å². The maximum Gasteiger partial charge on any atom is 0.410 e. The zero-order chi connectivity index (χ0) is 27.0. The summed E-state index contributed by atoms with van der Waals surface area (Å²) >= 11 is 0. The van der Waals surface area contributed by atoms with Crippen LogP contribution in [0.15, 0.2) is 12.4 Å². The van der Waals surface area contributed by atoms with E-state index in [9.17, 15) is 22.8 Å². The number of piperazine rings is 1. The monoisotopic (exact) mass is 538 g/mol. The average Bonchev–Trinajstić information content (AvgIpc) is 3.59. The first-order chi connectivity index (χ1) is 17.3. The van der Waals surface area contributed by atoms with Gasteiger partial charge in [0.15, 0.2) is 10.6 Å². The maximum atomic E-state index is 12.8. The van der Waals surface area contributed by atoms with Gasteiger partial charge in [0.05, 0.1) is 25.5 Å². The largest absolute Gasteiger partial charge is 0.476 e. The SMILES string of the molecule is CC1(OC(=O)N2CCC(COc3cnc(N4CCN(S(=O)(=O)C(C)(C)C(N)=O)CC4=O)cn3)CC2)CC1. The Labute approximate surface area is 216 Å². The van der Waals surface area contributed by atoms with E-state index in [1.165, 1.54) is 31.1 Å². The highest BCUT2D eigenvalue weighted by Gasteiger charge is 2.46. The Kier molecular flexibility index (Phi) is 7.34. The summed E-state index contributed by atoms with van der Waals surface area (Å²) in [6.45, 7) is 5.69. The summed E-state index contributed by atoms with van der Waals surface area (Å²) in [4.78, 5) is 48.1. The van der Waals surface area contributed by atoms with Crippen LogP contribution in [0.4, 0.5) is 10.6 Å². The molecule has 0 bridgehead atoms. The van der Waals surface area contributed by atoms with E-state index in [1.807, 2.05) is 6.92 Å². The molecular formula is C23H34N6O7S. The van der Waals surface area contributed by atoms with Gasteiger partial charge in [-0.2, -0.15) is 4.31 Å². The number of rotatable bonds is 8. The van der Waals surface area contributed by atoms with Crippen molar-refractivity contribution >= 4 is 33.7 Å². The van der Waals surface area contributed by atoms with Crippen LogP contribution in [0.25, 0.3) is 0 Å². The number of primary amides is 1. The lowest BCUT2D eigenvalue weighted by Crippen LogP contribution is -2.59. The first kappa shape index (κ1) is 27.0. The zero-order valence-corrected chi connectivity index (χ0v) is 22.2. The number of nitrogens with two attached hydrogens (primary N) is 1. The van der Waals surface area contributed by atoms with Gasteiger partial charge in [-0.3, -0.25) is 14.5 Å². The van der Waals surface area contributed by atoms with E-state index in [0.717, 1.165) is 30.0 Å². The number of hydrogen-bond donors (Lipinski definition) is 1. The summed E-state index contributed by atoms with van der Waals surface area (Å²) in [6.07, 6.45) is 6.02. The zero-order valence-electron chi connectivity index (χ0n) is 21.4. The van der Waals surface area contributed by atoms with Gasteiger partial charge in [0.25, 0.3) is 0 Å². The van der Waals surface area contributed by atoms with Crippen molar-refractivity contribution in [3.63, 3.8) is 0 Å². The molecule has 0 atom stereocenters. The molecular weight excluding hydrogens is 504 g/mol. The smallest absolute Gasteiger partial charge is 0.410 e. The number of aromatic nitrogens is 2. The molecule has 3 amide bonds. The van der Waals surface area contributed by atoms with E-state index in [2.05, 4.69) is 9.97 Å². The fourth-order valence-corrected chi connectivity index (χ4v) is 5.61. The Hall–Kier alpha value is -3.00. The van der Waals surface area contributed by atoms with Crippen molar-refractivity contribution < 1.29 is 32.3 Å². The maximum absolute atomic E-state index is 12.8. The molecule has 4 rings (SSSR count). The molecule has 3 aliphatic rings. The van der Waals surface area contributed by atoms with Gasteiger partial charge in [-0.15, -0.1) is 0 Å². The fourth-order valence-electron chi connectivity index (χ4n) is 4.11. The van der Waals surface area contributed by atoms with Crippen LogP contribution in [0.2, 0.25) is 0 Å². The Morgan fingerprint density at radius 2 is 1.81 bits per heavy atom. The molecule has 0 unspecified atom stereocenters. The third kappa shape index (κ3) is 5.79. The number of sulfonamides is 1. The van der Waals surface area contributed by atoms with Crippen molar-refractivity contribution in [3.8, 4) is 5.88 Å². The highest BCUT2D eigenvalue weighted by atomic mass is 32.2. The fraction of sp³-hybridized carbons (Fsp3) is 0.696. The molecule has 1 aromatic heterocycles. The standard InChI is InChI=1S/C23H34N6O7S/c1-22(2,20(24)31)37(33,34)28-10-11-29(19(30)14-28)17-12-26-18(13-25-17)35-15-16-4-8-27(9-5-16)21(32)36-23(3)6-7-23/h12-13,16H,4-11,14-15H2,1-3H3,(H2,24,31). The highest BCUT2D eigenvalue weighted by Crippen LogP contribution is 2.39.